The molecule has 1 saturated heterocycles. The number of nitrogens with zero attached hydrogens (tertiary/aromatic N) is 1. The summed E-state index contributed by atoms with van der Waals surface area (Å²) in [6.07, 6.45) is 1.000. The highest BCUT2D eigenvalue weighted by Crippen LogP contribution is 2.33. The van der Waals surface area contributed by atoms with Gasteiger partial charge in [0, 0.05) is 30.8 Å². The molecule has 0 aromatic rings. The van der Waals surface area contributed by atoms with Crippen molar-refractivity contribution >= 4 is 23.8 Å². The Labute approximate surface area is 173 Å². The number of aliphatic hydroxyl groups excluding tert-OH is 1. The summed E-state index contributed by atoms with van der Waals surface area (Å²) < 4.78 is 20.8. The highest BCUT2D eigenvalue weighted by molar-refractivity contribution is 5.92. The Balaban J connectivity index is 2.06. The van der Waals surface area contributed by atoms with Crippen molar-refractivity contribution in [1.29, 1.82) is 0 Å². The average Bonchev–Trinajstić information content (AvgIpc) is 3.00. The number of rotatable bonds is 8. The molecule has 0 radical (unpaired) electrons. The van der Waals surface area contributed by atoms with E-state index in [0.717, 1.165) is 7.11 Å². The zero-order chi connectivity index (χ0) is 22.4. The third kappa shape index (κ3) is 5.80. The lowest BCUT2D eigenvalue weighted by molar-refractivity contribution is -0.160. The fourth-order valence-electron chi connectivity index (χ4n) is 3.15. The Morgan fingerprint density at radius 1 is 1.37 bits per heavy atom. The average molecular weight is 426 g/mol. The standard InChI is InChI=1S/C19H26N2O9/c1-10-14(9-28-15(24)7-13(23)19(26)27-3)30-18(16(10)29-11(2)22)21-6-4-5-12(8-21)17(20)25/h4,6,8,10,13-14,16,18,23H,5,7,9H2,1-3H3,(H2,20,25)/t10-,13+,14-,16-,18-/m1/s1. The van der Waals surface area contributed by atoms with Crippen molar-refractivity contribution in [2.24, 2.45) is 11.7 Å². The monoisotopic (exact) mass is 426 g/mol. The van der Waals surface area contributed by atoms with Gasteiger partial charge in [-0.1, -0.05) is 13.0 Å². The van der Waals surface area contributed by atoms with Gasteiger partial charge in [0.25, 0.3) is 0 Å². The number of carbonyl (C=O) groups excluding carboxylic acids is 4. The maximum atomic E-state index is 11.9. The highest BCUT2D eigenvalue weighted by atomic mass is 16.6. The molecule has 11 heteroatoms. The summed E-state index contributed by atoms with van der Waals surface area (Å²) >= 11 is 0. The summed E-state index contributed by atoms with van der Waals surface area (Å²) in [5, 5.41) is 9.53. The molecule has 2 aliphatic heterocycles. The summed E-state index contributed by atoms with van der Waals surface area (Å²) in [4.78, 5) is 47.7. The molecule has 5 atom stereocenters. The van der Waals surface area contributed by atoms with E-state index in [1.165, 1.54) is 13.1 Å². The van der Waals surface area contributed by atoms with Crippen molar-refractivity contribution in [3.05, 3.63) is 24.0 Å². The van der Waals surface area contributed by atoms with E-state index in [-0.39, 0.29) is 12.5 Å². The van der Waals surface area contributed by atoms with Gasteiger partial charge in [-0.05, 0) is 6.42 Å². The lowest BCUT2D eigenvalue weighted by Crippen LogP contribution is -2.40. The summed E-state index contributed by atoms with van der Waals surface area (Å²) in [6, 6.07) is 0. The second-order valence-corrected chi connectivity index (χ2v) is 6.98. The molecule has 166 valence electrons. The zero-order valence-corrected chi connectivity index (χ0v) is 17.0. The second-order valence-electron chi connectivity index (χ2n) is 6.98. The molecular weight excluding hydrogens is 400 g/mol. The van der Waals surface area contributed by atoms with E-state index >= 15 is 0 Å². The number of amides is 1. The normalized spacial score (nSPS) is 26.5. The molecule has 0 aromatic carbocycles. The largest absolute Gasteiger partial charge is 0.467 e. The van der Waals surface area contributed by atoms with Gasteiger partial charge >= 0.3 is 17.9 Å². The minimum Gasteiger partial charge on any atom is -0.467 e. The molecular formula is C19H26N2O9. The Morgan fingerprint density at radius 2 is 2.07 bits per heavy atom. The molecule has 1 fully saturated rings. The first kappa shape index (κ1) is 23.4. The Kier molecular flexibility index (Phi) is 7.95. The van der Waals surface area contributed by atoms with Gasteiger partial charge in [0.15, 0.2) is 18.4 Å². The van der Waals surface area contributed by atoms with Crippen molar-refractivity contribution in [2.75, 3.05) is 13.7 Å². The molecule has 0 spiro atoms. The van der Waals surface area contributed by atoms with Crippen molar-refractivity contribution in [3.8, 4) is 0 Å². The van der Waals surface area contributed by atoms with Gasteiger partial charge in [0.2, 0.25) is 5.91 Å². The molecule has 2 heterocycles. The van der Waals surface area contributed by atoms with Crippen LogP contribution in [-0.4, -0.2) is 72.1 Å². The molecule has 2 rings (SSSR count). The predicted molar refractivity (Wildman–Crippen MR) is 99.9 cm³/mol. The topological polar surface area (TPSA) is 155 Å². The van der Waals surface area contributed by atoms with E-state index in [4.69, 9.17) is 19.9 Å². The van der Waals surface area contributed by atoms with E-state index in [1.807, 2.05) is 0 Å². The van der Waals surface area contributed by atoms with Crippen LogP contribution in [0.4, 0.5) is 0 Å². The number of primary amides is 1. The SMILES string of the molecule is COC(=O)[C@@H](O)CC(=O)OC[C@H]1O[C@@H](N2C=CCC(C(N)=O)=C2)[C@H](OC(C)=O)[C@@H]1C. The van der Waals surface area contributed by atoms with Crippen LogP contribution < -0.4 is 5.73 Å². The number of carbonyl (C=O) groups is 4. The number of esters is 3. The summed E-state index contributed by atoms with van der Waals surface area (Å²) in [6.45, 7) is 2.84. The Morgan fingerprint density at radius 3 is 2.67 bits per heavy atom. The van der Waals surface area contributed by atoms with Crippen LogP contribution in [0.1, 0.15) is 26.7 Å². The van der Waals surface area contributed by atoms with E-state index in [2.05, 4.69) is 4.74 Å². The van der Waals surface area contributed by atoms with Crippen molar-refractivity contribution in [3.63, 3.8) is 0 Å². The molecule has 2 aliphatic rings. The van der Waals surface area contributed by atoms with Crippen molar-refractivity contribution < 1.29 is 43.2 Å². The molecule has 1 amide bonds. The van der Waals surface area contributed by atoms with Gasteiger partial charge in [0.05, 0.1) is 13.5 Å². The van der Waals surface area contributed by atoms with Gasteiger partial charge in [-0.2, -0.15) is 0 Å². The van der Waals surface area contributed by atoms with E-state index in [9.17, 15) is 24.3 Å². The summed E-state index contributed by atoms with van der Waals surface area (Å²) in [5.74, 6) is -3.21. The molecule has 0 aliphatic carbocycles. The van der Waals surface area contributed by atoms with E-state index in [0.29, 0.717) is 12.0 Å². The number of ether oxygens (including phenoxy) is 4. The maximum absolute atomic E-state index is 11.9. The summed E-state index contributed by atoms with van der Waals surface area (Å²) in [5.41, 5.74) is 5.71. The molecule has 3 N–H and O–H groups in total. The van der Waals surface area contributed by atoms with Crippen molar-refractivity contribution in [2.45, 2.75) is 51.2 Å². The van der Waals surface area contributed by atoms with Crippen LogP contribution >= 0.6 is 0 Å². The minimum absolute atomic E-state index is 0.188. The molecule has 0 bridgehead atoms. The molecule has 0 aromatic heterocycles. The number of methoxy groups -OCH3 is 1. The van der Waals surface area contributed by atoms with Crippen LogP contribution in [0, 0.1) is 5.92 Å². The first-order chi connectivity index (χ1) is 14.1. The van der Waals surface area contributed by atoms with Gasteiger partial charge in [-0.3, -0.25) is 14.4 Å². The van der Waals surface area contributed by atoms with E-state index < -0.39 is 54.8 Å². The quantitative estimate of drug-likeness (QED) is 0.377. The van der Waals surface area contributed by atoms with Gasteiger partial charge in [-0.25, -0.2) is 4.79 Å². The number of aliphatic hydroxyl groups is 1. The van der Waals surface area contributed by atoms with Crippen LogP contribution in [0.3, 0.4) is 0 Å². The first-order valence-electron chi connectivity index (χ1n) is 9.32. The Bertz CT molecular complexity index is 748. The summed E-state index contributed by atoms with van der Waals surface area (Å²) in [7, 11) is 1.09. The maximum Gasteiger partial charge on any atom is 0.335 e. The smallest absolute Gasteiger partial charge is 0.335 e. The number of nitrogens with two attached hydrogens (primary N) is 1. The molecule has 0 unspecified atom stereocenters. The number of hydrogen-bond acceptors (Lipinski definition) is 10. The van der Waals surface area contributed by atoms with Gasteiger partial charge < -0.3 is 34.7 Å². The zero-order valence-electron chi connectivity index (χ0n) is 17.0. The second kappa shape index (κ2) is 10.2. The minimum atomic E-state index is -1.62. The molecule has 0 saturated carbocycles. The molecule has 11 nitrogen and oxygen atoms in total. The van der Waals surface area contributed by atoms with Gasteiger partial charge in [-0.15, -0.1) is 0 Å². The Hall–Kier alpha value is -2.92. The van der Waals surface area contributed by atoms with Crippen molar-refractivity contribution in [1.82, 2.24) is 4.90 Å². The van der Waals surface area contributed by atoms with Gasteiger partial charge in [0.1, 0.15) is 12.7 Å². The highest BCUT2D eigenvalue weighted by Gasteiger charge is 2.47. The third-order valence-corrected chi connectivity index (χ3v) is 4.77. The van der Waals surface area contributed by atoms with Crippen LogP contribution in [0.2, 0.25) is 0 Å². The van der Waals surface area contributed by atoms with Crippen LogP contribution in [-0.2, 0) is 38.1 Å². The molecule has 30 heavy (non-hydrogen) atoms. The first-order valence-corrected chi connectivity index (χ1v) is 9.32. The van der Waals surface area contributed by atoms with Crippen LogP contribution in [0.15, 0.2) is 24.0 Å². The predicted octanol–water partition coefficient (Wildman–Crippen LogP) is -0.665. The van der Waals surface area contributed by atoms with Crippen LogP contribution in [0.5, 0.6) is 0 Å². The lowest BCUT2D eigenvalue weighted by Gasteiger charge is -2.30. The number of hydrogen-bond donors (Lipinski definition) is 2. The fourth-order valence-corrected chi connectivity index (χ4v) is 3.15. The van der Waals surface area contributed by atoms with E-state index in [1.54, 1.807) is 24.1 Å². The fraction of sp³-hybridized carbons (Fsp3) is 0.579. The third-order valence-electron chi connectivity index (χ3n) is 4.77. The van der Waals surface area contributed by atoms with Crippen LogP contribution in [0.25, 0.3) is 0 Å². The lowest BCUT2D eigenvalue weighted by atomic mass is 10.00. The number of allylic oxidation sites excluding steroid dienone is 1.